The number of hydrogen-bond donors (Lipinski definition) is 1. The van der Waals surface area contributed by atoms with E-state index in [9.17, 15) is 4.79 Å². The lowest BCUT2D eigenvalue weighted by Gasteiger charge is -2.43. The van der Waals surface area contributed by atoms with Crippen molar-refractivity contribution in [1.29, 1.82) is 0 Å². The van der Waals surface area contributed by atoms with Gasteiger partial charge in [-0.05, 0) is 45.3 Å². The fourth-order valence-corrected chi connectivity index (χ4v) is 4.45. The predicted molar refractivity (Wildman–Crippen MR) is 99.1 cm³/mol. The van der Waals surface area contributed by atoms with E-state index in [0.29, 0.717) is 38.4 Å². The average molecular weight is 370 g/mol. The van der Waals surface area contributed by atoms with E-state index in [1.54, 1.807) is 0 Å². The van der Waals surface area contributed by atoms with Crippen LogP contribution in [0.3, 0.4) is 0 Å². The molecule has 0 aromatic carbocycles. The minimum Gasteiger partial charge on any atom is -0.394 e. The zero-order valence-corrected chi connectivity index (χ0v) is 16.0. The zero-order valence-electron chi connectivity index (χ0n) is 16.0. The summed E-state index contributed by atoms with van der Waals surface area (Å²) in [6, 6.07) is 0.616. The Morgan fingerprint density at radius 3 is 2.54 bits per heavy atom. The van der Waals surface area contributed by atoms with Gasteiger partial charge in [-0.25, -0.2) is 0 Å². The highest BCUT2D eigenvalue weighted by molar-refractivity contribution is 5.79. The van der Waals surface area contributed by atoms with Crippen LogP contribution in [0.15, 0.2) is 0 Å². The molecule has 0 saturated carbocycles. The van der Waals surface area contributed by atoms with E-state index in [1.165, 1.54) is 12.8 Å². The van der Waals surface area contributed by atoms with Gasteiger partial charge in [0.25, 0.3) is 0 Å². The van der Waals surface area contributed by atoms with Crippen LogP contribution in [0, 0.1) is 5.92 Å². The molecule has 1 N–H and O–H groups in total. The Bertz CT molecular complexity index is 423. The van der Waals surface area contributed by atoms with Crippen LogP contribution in [-0.4, -0.2) is 111 Å². The molecule has 0 radical (unpaired) electrons. The highest BCUT2D eigenvalue weighted by Crippen LogP contribution is 2.25. The monoisotopic (exact) mass is 369 g/mol. The lowest BCUT2D eigenvalue weighted by molar-refractivity contribution is -0.142. The van der Waals surface area contributed by atoms with E-state index in [0.717, 1.165) is 58.7 Å². The number of ether oxygens (including phenoxy) is 2. The molecule has 0 aliphatic carbocycles. The van der Waals surface area contributed by atoms with Crippen LogP contribution >= 0.6 is 0 Å². The van der Waals surface area contributed by atoms with Crippen molar-refractivity contribution in [2.75, 3.05) is 78.8 Å². The Morgan fingerprint density at radius 1 is 1.04 bits per heavy atom. The molecule has 7 heteroatoms. The summed E-state index contributed by atoms with van der Waals surface area (Å²) in [6.45, 7) is 9.33. The number of carbonyl (C=O) groups excluding carboxylic acids is 1. The molecular formula is C19H35N3O4. The molecule has 3 aliphatic heterocycles. The summed E-state index contributed by atoms with van der Waals surface area (Å²) >= 11 is 0. The Kier molecular flexibility index (Phi) is 8.13. The molecule has 0 bridgehead atoms. The number of morpholine rings is 1. The largest absolute Gasteiger partial charge is 0.394 e. The second kappa shape index (κ2) is 10.6. The summed E-state index contributed by atoms with van der Waals surface area (Å²) in [7, 11) is 0. The second-order valence-electron chi connectivity index (χ2n) is 7.68. The minimum absolute atomic E-state index is 0.0986. The topological polar surface area (TPSA) is 65.5 Å². The average Bonchev–Trinajstić information content (AvgIpc) is 2.72. The summed E-state index contributed by atoms with van der Waals surface area (Å²) < 4.78 is 10.7. The van der Waals surface area contributed by atoms with Gasteiger partial charge in [-0.1, -0.05) is 0 Å². The van der Waals surface area contributed by atoms with Crippen molar-refractivity contribution in [3.63, 3.8) is 0 Å². The van der Waals surface area contributed by atoms with E-state index in [1.807, 2.05) is 4.90 Å². The van der Waals surface area contributed by atoms with Crippen LogP contribution in [0.2, 0.25) is 0 Å². The first-order chi connectivity index (χ1) is 12.8. The number of amides is 1. The zero-order chi connectivity index (χ0) is 18.2. The summed E-state index contributed by atoms with van der Waals surface area (Å²) in [5, 5.41) is 8.75. The molecule has 7 nitrogen and oxygen atoms in total. The first kappa shape index (κ1) is 20.0. The van der Waals surface area contributed by atoms with Gasteiger partial charge >= 0.3 is 0 Å². The highest BCUT2D eigenvalue weighted by Gasteiger charge is 2.33. The molecule has 3 saturated heterocycles. The summed E-state index contributed by atoms with van der Waals surface area (Å²) in [5.41, 5.74) is 0. The van der Waals surface area contributed by atoms with Crippen LogP contribution < -0.4 is 0 Å². The van der Waals surface area contributed by atoms with Gasteiger partial charge in [-0.2, -0.15) is 0 Å². The quantitative estimate of drug-likeness (QED) is 0.639. The molecule has 1 unspecified atom stereocenters. The van der Waals surface area contributed by atoms with Crippen molar-refractivity contribution in [2.24, 2.45) is 5.92 Å². The molecule has 1 amide bonds. The first-order valence-corrected chi connectivity index (χ1v) is 10.3. The maximum absolute atomic E-state index is 12.8. The van der Waals surface area contributed by atoms with Crippen molar-refractivity contribution in [1.82, 2.24) is 14.7 Å². The number of aliphatic hydroxyl groups is 1. The number of likely N-dealkylation sites (tertiary alicyclic amines) is 2. The maximum Gasteiger partial charge on any atom is 0.227 e. The molecule has 0 spiro atoms. The van der Waals surface area contributed by atoms with E-state index < -0.39 is 0 Å². The normalized spacial score (nSPS) is 27.0. The highest BCUT2D eigenvalue weighted by atomic mass is 16.5. The summed E-state index contributed by atoms with van der Waals surface area (Å²) in [4.78, 5) is 19.8. The van der Waals surface area contributed by atoms with Crippen LogP contribution in [0.5, 0.6) is 0 Å². The standard InChI is InChI=1S/C19H35N3O4/c23-11-15-26-12-8-20-6-3-18(4-7-20)22-5-1-2-17(16-22)19(24)21-9-13-25-14-10-21/h17-18,23H,1-16H2. The number of piperidine rings is 2. The molecular weight excluding hydrogens is 334 g/mol. The lowest BCUT2D eigenvalue weighted by Crippen LogP contribution is -2.52. The molecule has 0 aromatic heterocycles. The van der Waals surface area contributed by atoms with Gasteiger partial charge in [0, 0.05) is 32.2 Å². The molecule has 150 valence electrons. The SMILES string of the molecule is O=C(C1CCCN(C2CCN(CCOCCO)CC2)C1)N1CCOCC1. The fraction of sp³-hybridized carbons (Fsp3) is 0.947. The van der Waals surface area contributed by atoms with E-state index in [-0.39, 0.29) is 12.5 Å². The van der Waals surface area contributed by atoms with Crippen LogP contribution in [-0.2, 0) is 14.3 Å². The van der Waals surface area contributed by atoms with E-state index in [4.69, 9.17) is 14.6 Å². The predicted octanol–water partition coefficient (Wildman–Crippen LogP) is 0.0305. The number of rotatable bonds is 7. The smallest absolute Gasteiger partial charge is 0.227 e. The minimum atomic E-state index is 0.0986. The van der Waals surface area contributed by atoms with Crippen LogP contribution in [0.25, 0.3) is 0 Å². The Labute approximate surface area is 157 Å². The molecule has 1 atom stereocenters. The van der Waals surface area contributed by atoms with Gasteiger partial charge in [-0.15, -0.1) is 0 Å². The summed E-state index contributed by atoms with van der Waals surface area (Å²) in [5.74, 6) is 0.517. The molecule has 26 heavy (non-hydrogen) atoms. The van der Waals surface area contributed by atoms with Crippen LogP contribution in [0.1, 0.15) is 25.7 Å². The Balaban J connectivity index is 1.40. The number of carbonyl (C=O) groups is 1. The first-order valence-electron chi connectivity index (χ1n) is 10.3. The van der Waals surface area contributed by atoms with Crippen molar-refractivity contribution >= 4 is 5.91 Å². The maximum atomic E-state index is 12.8. The Morgan fingerprint density at radius 2 is 1.81 bits per heavy atom. The molecule has 0 aromatic rings. The number of nitrogens with zero attached hydrogens (tertiary/aromatic N) is 3. The molecule has 3 fully saturated rings. The number of aliphatic hydroxyl groups excluding tert-OH is 1. The van der Waals surface area contributed by atoms with Gasteiger partial charge in [0.2, 0.25) is 5.91 Å². The van der Waals surface area contributed by atoms with Gasteiger partial charge in [0.15, 0.2) is 0 Å². The molecule has 3 aliphatic rings. The lowest BCUT2D eigenvalue weighted by atomic mass is 9.92. The number of hydrogen-bond acceptors (Lipinski definition) is 6. The van der Waals surface area contributed by atoms with Crippen molar-refractivity contribution in [2.45, 2.75) is 31.7 Å². The fourth-order valence-electron chi connectivity index (χ4n) is 4.45. The van der Waals surface area contributed by atoms with Gasteiger partial charge in [0.05, 0.1) is 39.0 Å². The van der Waals surface area contributed by atoms with Gasteiger partial charge in [0.1, 0.15) is 0 Å². The van der Waals surface area contributed by atoms with E-state index >= 15 is 0 Å². The third kappa shape index (κ3) is 5.63. The van der Waals surface area contributed by atoms with Crippen molar-refractivity contribution < 1.29 is 19.4 Å². The van der Waals surface area contributed by atoms with Crippen molar-refractivity contribution in [3.8, 4) is 0 Å². The molecule has 3 rings (SSSR count). The van der Waals surface area contributed by atoms with E-state index in [2.05, 4.69) is 9.80 Å². The van der Waals surface area contributed by atoms with Crippen molar-refractivity contribution in [3.05, 3.63) is 0 Å². The van der Waals surface area contributed by atoms with Gasteiger partial charge < -0.3 is 24.4 Å². The van der Waals surface area contributed by atoms with Crippen LogP contribution in [0.4, 0.5) is 0 Å². The molecule has 3 heterocycles. The summed E-state index contributed by atoms with van der Waals surface area (Å²) in [6.07, 6.45) is 4.53. The Hall–Kier alpha value is -0.730. The third-order valence-corrected chi connectivity index (χ3v) is 5.99. The van der Waals surface area contributed by atoms with Gasteiger partial charge in [-0.3, -0.25) is 9.69 Å². The third-order valence-electron chi connectivity index (χ3n) is 5.99. The second-order valence-corrected chi connectivity index (χ2v) is 7.68.